The fraction of sp³-hybridized carbons (Fsp3) is 1.00. The molecule has 0 aromatic carbocycles. The van der Waals surface area contributed by atoms with Crippen molar-refractivity contribution in [2.24, 2.45) is 5.92 Å². The van der Waals surface area contributed by atoms with Crippen LogP contribution in [0.15, 0.2) is 0 Å². The van der Waals surface area contributed by atoms with Crippen molar-refractivity contribution in [3.05, 3.63) is 0 Å². The molecule has 18 heavy (non-hydrogen) atoms. The molecule has 4 heteroatoms. The average Bonchev–Trinajstić information content (AvgIpc) is 3.20. The first kappa shape index (κ1) is 14.3. The lowest BCUT2D eigenvalue weighted by atomic mass is 10.2. The molecule has 0 bridgehead atoms. The summed E-state index contributed by atoms with van der Waals surface area (Å²) in [6.07, 6.45) is 4.93. The molecular formula is C14H28N2O2. The highest BCUT2D eigenvalue weighted by atomic mass is 16.5. The van der Waals surface area contributed by atoms with Gasteiger partial charge in [0.15, 0.2) is 0 Å². The summed E-state index contributed by atoms with van der Waals surface area (Å²) in [6.45, 7) is 5.11. The Morgan fingerprint density at radius 3 is 2.61 bits per heavy atom. The van der Waals surface area contributed by atoms with Gasteiger partial charge < -0.3 is 15.2 Å². The van der Waals surface area contributed by atoms with Gasteiger partial charge in [-0.1, -0.05) is 0 Å². The molecule has 2 aliphatic carbocycles. The molecule has 106 valence electrons. The first-order valence-electron chi connectivity index (χ1n) is 7.35. The van der Waals surface area contributed by atoms with Crippen LogP contribution in [0.3, 0.4) is 0 Å². The van der Waals surface area contributed by atoms with Gasteiger partial charge in [-0.2, -0.15) is 0 Å². The van der Waals surface area contributed by atoms with Gasteiger partial charge in [0, 0.05) is 31.8 Å². The number of nitrogens with one attached hydrogen (secondary N) is 1. The van der Waals surface area contributed by atoms with Crippen LogP contribution >= 0.6 is 0 Å². The Kier molecular flexibility index (Phi) is 5.42. The summed E-state index contributed by atoms with van der Waals surface area (Å²) in [5.41, 5.74) is 0. The van der Waals surface area contributed by atoms with Gasteiger partial charge in [0.25, 0.3) is 0 Å². The van der Waals surface area contributed by atoms with E-state index in [0.29, 0.717) is 19.2 Å². The molecule has 0 spiro atoms. The molecule has 4 nitrogen and oxygen atoms in total. The fourth-order valence-electron chi connectivity index (χ4n) is 2.16. The van der Waals surface area contributed by atoms with Crippen molar-refractivity contribution in [3.63, 3.8) is 0 Å². The van der Waals surface area contributed by atoms with Crippen LogP contribution in [0, 0.1) is 5.92 Å². The molecule has 2 N–H and O–H groups in total. The Morgan fingerprint density at radius 2 is 2.00 bits per heavy atom. The highest BCUT2D eigenvalue weighted by molar-refractivity contribution is 4.85. The third-order valence-corrected chi connectivity index (χ3v) is 4.00. The molecule has 2 rings (SSSR count). The summed E-state index contributed by atoms with van der Waals surface area (Å²) >= 11 is 0. The number of nitrogens with zero attached hydrogens (tertiary/aromatic N) is 1. The molecule has 2 saturated carbocycles. The van der Waals surface area contributed by atoms with Crippen molar-refractivity contribution in [2.45, 2.75) is 50.8 Å². The molecule has 0 amide bonds. The minimum absolute atomic E-state index is 0.373. The monoisotopic (exact) mass is 256 g/mol. The number of likely N-dealkylation sites (N-methyl/N-ethyl adjacent to an activating group) is 1. The van der Waals surface area contributed by atoms with Gasteiger partial charge in [0.1, 0.15) is 0 Å². The Labute approximate surface area is 111 Å². The van der Waals surface area contributed by atoms with Crippen molar-refractivity contribution in [2.75, 3.05) is 33.4 Å². The highest BCUT2D eigenvalue weighted by Crippen LogP contribution is 2.28. The van der Waals surface area contributed by atoms with Crippen LogP contribution in [-0.4, -0.2) is 61.5 Å². The molecule has 0 heterocycles. The van der Waals surface area contributed by atoms with Crippen LogP contribution in [0.2, 0.25) is 0 Å². The third-order valence-electron chi connectivity index (χ3n) is 4.00. The van der Waals surface area contributed by atoms with Crippen LogP contribution in [0.1, 0.15) is 32.6 Å². The molecule has 0 saturated heterocycles. The number of ether oxygens (including phenoxy) is 1. The second-order valence-corrected chi connectivity index (χ2v) is 6.04. The first-order chi connectivity index (χ1) is 8.66. The molecule has 0 aromatic rings. The zero-order valence-corrected chi connectivity index (χ0v) is 11.8. The first-order valence-corrected chi connectivity index (χ1v) is 7.35. The van der Waals surface area contributed by atoms with E-state index in [4.69, 9.17) is 4.74 Å². The molecule has 2 atom stereocenters. The maximum Gasteiger partial charge on any atom is 0.0897 e. The standard InChI is InChI=1S/C14H28N2O2/c1-11(16(2)13-5-6-13)7-15-8-14(17)10-18-9-12-3-4-12/h11-15,17H,3-10H2,1-2H3. The van der Waals surface area contributed by atoms with E-state index in [-0.39, 0.29) is 6.10 Å². The highest BCUT2D eigenvalue weighted by Gasteiger charge is 2.28. The number of aliphatic hydroxyl groups is 1. The number of hydrogen-bond acceptors (Lipinski definition) is 4. The minimum Gasteiger partial charge on any atom is -0.389 e. The van der Waals surface area contributed by atoms with E-state index in [2.05, 4.69) is 24.2 Å². The SMILES string of the molecule is CC(CNCC(O)COCC1CC1)N(C)C1CC1. The van der Waals surface area contributed by atoms with Crippen LogP contribution in [-0.2, 0) is 4.74 Å². The van der Waals surface area contributed by atoms with Crippen molar-refractivity contribution in [3.8, 4) is 0 Å². The van der Waals surface area contributed by atoms with Gasteiger partial charge in [-0.15, -0.1) is 0 Å². The van der Waals surface area contributed by atoms with Crippen LogP contribution in [0.5, 0.6) is 0 Å². The fourth-order valence-corrected chi connectivity index (χ4v) is 2.16. The van der Waals surface area contributed by atoms with E-state index < -0.39 is 0 Å². The second-order valence-electron chi connectivity index (χ2n) is 6.04. The summed E-state index contributed by atoms with van der Waals surface area (Å²) < 4.78 is 5.47. The number of hydrogen-bond donors (Lipinski definition) is 2. The Morgan fingerprint density at radius 1 is 1.28 bits per heavy atom. The largest absolute Gasteiger partial charge is 0.389 e. The Balaban J connectivity index is 1.45. The third kappa shape index (κ3) is 5.22. The average molecular weight is 256 g/mol. The topological polar surface area (TPSA) is 44.7 Å². The maximum absolute atomic E-state index is 9.75. The van der Waals surface area contributed by atoms with E-state index >= 15 is 0 Å². The van der Waals surface area contributed by atoms with E-state index in [1.165, 1.54) is 25.7 Å². The summed E-state index contributed by atoms with van der Waals surface area (Å²) in [6, 6.07) is 1.34. The summed E-state index contributed by atoms with van der Waals surface area (Å²) in [5.74, 6) is 0.775. The number of aliphatic hydroxyl groups excluding tert-OH is 1. The quantitative estimate of drug-likeness (QED) is 0.608. The summed E-state index contributed by atoms with van der Waals surface area (Å²) in [5, 5.41) is 13.1. The zero-order valence-electron chi connectivity index (χ0n) is 11.8. The maximum atomic E-state index is 9.75. The molecular weight excluding hydrogens is 228 g/mol. The Hall–Kier alpha value is -0.160. The van der Waals surface area contributed by atoms with Crippen LogP contribution in [0.4, 0.5) is 0 Å². The molecule has 2 fully saturated rings. The van der Waals surface area contributed by atoms with E-state index in [1.807, 2.05) is 0 Å². The predicted octanol–water partition coefficient (Wildman–Crippen LogP) is 0.846. The molecule has 0 radical (unpaired) electrons. The normalized spacial score (nSPS) is 23.3. The van der Waals surface area contributed by atoms with E-state index in [9.17, 15) is 5.11 Å². The van der Waals surface area contributed by atoms with Crippen molar-refractivity contribution in [1.82, 2.24) is 10.2 Å². The second kappa shape index (κ2) is 6.85. The van der Waals surface area contributed by atoms with Gasteiger partial charge in [-0.25, -0.2) is 0 Å². The summed E-state index contributed by atoms with van der Waals surface area (Å²) in [4.78, 5) is 2.43. The lowest BCUT2D eigenvalue weighted by Gasteiger charge is -2.25. The van der Waals surface area contributed by atoms with Gasteiger partial charge in [0.2, 0.25) is 0 Å². The van der Waals surface area contributed by atoms with Gasteiger partial charge in [-0.05, 0) is 45.6 Å². The number of rotatable bonds is 10. The predicted molar refractivity (Wildman–Crippen MR) is 72.7 cm³/mol. The minimum atomic E-state index is -0.373. The summed E-state index contributed by atoms with van der Waals surface area (Å²) in [7, 11) is 2.19. The van der Waals surface area contributed by atoms with E-state index in [1.54, 1.807) is 0 Å². The zero-order chi connectivity index (χ0) is 13.0. The van der Waals surface area contributed by atoms with Gasteiger partial charge in [0.05, 0.1) is 12.7 Å². The van der Waals surface area contributed by atoms with Gasteiger partial charge >= 0.3 is 0 Å². The Bertz CT molecular complexity index is 242. The molecule has 0 aliphatic heterocycles. The smallest absolute Gasteiger partial charge is 0.0897 e. The molecule has 2 aliphatic rings. The lowest BCUT2D eigenvalue weighted by Crippen LogP contribution is -2.42. The lowest BCUT2D eigenvalue weighted by molar-refractivity contribution is 0.0319. The van der Waals surface area contributed by atoms with Gasteiger partial charge in [-0.3, -0.25) is 4.90 Å². The van der Waals surface area contributed by atoms with Crippen LogP contribution < -0.4 is 5.32 Å². The van der Waals surface area contributed by atoms with Crippen LogP contribution in [0.25, 0.3) is 0 Å². The van der Waals surface area contributed by atoms with Crippen molar-refractivity contribution < 1.29 is 9.84 Å². The molecule has 0 aromatic heterocycles. The van der Waals surface area contributed by atoms with Crippen molar-refractivity contribution in [1.29, 1.82) is 0 Å². The van der Waals surface area contributed by atoms with E-state index in [0.717, 1.165) is 25.1 Å². The molecule has 2 unspecified atom stereocenters. The van der Waals surface area contributed by atoms with Crippen molar-refractivity contribution >= 4 is 0 Å².